The van der Waals surface area contributed by atoms with E-state index in [1.54, 1.807) is 18.2 Å². The summed E-state index contributed by atoms with van der Waals surface area (Å²) in [6.45, 7) is 0. The van der Waals surface area contributed by atoms with Gasteiger partial charge in [0.25, 0.3) is 4.60 Å². The minimum absolute atomic E-state index is 0.0359. The number of carbonyl (C=O) groups is 1. The lowest BCUT2D eigenvalue weighted by Gasteiger charge is -2.17. The Morgan fingerprint density at radius 2 is 2.33 bits per heavy atom. The van der Waals surface area contributed by atoms with E-state index in [1.807, 2.05) is 0 Å². The molecule has 0 N–H and O–H groups in total. The molecule has 2 rings (SSSR count). The molecular weight excluding hydrogens is 262 g/mol. The van der Waals surface area contributed by atoms with Crippen LogP contribution in [-0.4, -0.2) is 5.78 Å². The first kappa shape index (κ1) is 10.2. The second-order valence-corrected chi connectivity index (χ2v) is 3.98. The Hall–Kier alpha value is -1.36. The van der Waals surface area contributed by atoms with Crippen molar-refractivity contribution in [3.05, 3.63) is 46.0 Å². The fraction of sp³-hybridized carbons (Fsp3) is 0.200. The van der Waals surface area contributed by atoms with Gasteiger partial charge in [0, 0.05) is 34.1 Å². The number of hydrogen-bond donors (Lipinski definition) is 0. The molecule has 78 valence electrons. The maximum Gasteiger partial charge on any atom is 0.259 e. The molecule has 5 heteroatoms. The van der Waals surface area contributed by atoms with Crippen molar-refractivity contribution in [1.29, 1.82) is 0 Å². The van der Waals surface area contributed by atoms with Gasteiger partial charge in [-0.15, -0.1) is 0 Å². The Labute approximate surface area is 94.9 Å². The Morgan fingerprint density at radius 3 is 3.07 bits per heavy atom. The lowest BCUT2D eigenvalue weighted by molar-refractivity contribution is -0.630. The Kier molecular flexibility index (Phi) is 2.73. The van der Waals surface area contributed by atoms with Crippen molar-refractivity contribution >= 4 is 21.7 Å². The Bertz CT molecular complexity index is 431. The molecule has 4 nitrogen and oxygen atoms in total. The molecule has 0 unspecified atom stereocenters. The number of aromatic nitrogens is 1. The summed E-state index contributed by atoms with van der Waals surface area (Å²) >= 11 is 3.12. The van der Waals surface area contributed by atoms with Gasteiger partial charge in [0.1, 0.15) is 0 Å². The number of carbonyl (C=O) groups excluding carboxylic acids is 1. The van der Waals surface area contributed by atoms with Crippen molar-refractivity contribution in [3.8, 4) is 0 Å². The summed E-state index contributed by atoms with van der Waals surface area (Å²) in [5.41, 5.74) is 0.432. The number of ketones is 1. The van der Waals surface area contributed by atoms with E-state index in [4.69, 9.17) is 4.74 Å². The van der Waals surface area contributed by atoms with Gasteiger partial charge < -0.3 is 9.94 Å². The Morgan fingerprint density at radius 1 is 1.53 bits per heavy atom. The standard InChI is InChI=1S/C10H8BrNO3/c11-10-3-1-2-8(12(10)14)9-6-7(13)4-5-15-9/h1-5,9H,6H2/t9-/m0/s1. The zero-order valence-corrected chi connectivity index (χ0v) is 9.31. The Balaban J connectivity index is 2.34. The van der Waals surface area contributed by atoms with Crippen LogP contribution in [0.15, 0.2) is 35.1 Å². The fourth-order valence-electron chi connectivity index (χ4n) is 1.41. The zero-order chi connectivity index (χ0) is 10.8. The smallest absolute Gasteiger partial charge is 0.259 e. The normalized spacial score (nSPS) is 20.1. The second-order valence-electron chi connectivity index (χ2n) is 3.17. The van der Waals surface area contributed by atoms with Gasteiger partial charge in [0.15, 0.2) is 11.9 Å². The van der Waals surface area contributed by atoms with Gasteiger partial charge in [-0.3, -0.25) is 4.79 Å². The van der Waals surface area contributed by atoms with Gasteiger partial charge in [0.2, 0.25) is 5.69 Å². The first-order valence-electron chi connectivity index (χ1n) is 4.41. The van der Waals surface area contributed by atoms with Gasteiger partial charge >= 0.3 is 0 Å². The van der Waals surface area contributed by atoms with Crippen molar-refractivity contribution in [3.63, 3.8) is 0 Å². The number of ether oxygens (including phenoxy) is 1. The topological polar surface area (TPSA) is 53.2 Å². The molecule has 0 aliphatic carbocycles. The summed E-state index contributed by atoms with van der Waals surface area (Å²) in [7, 11) is 0. The van der Waals surface area contributed by atoms with Gasteiger partial charge in [-0.05, 0) is 6.07 Å². The van der Waals surface area contributed by atoms with Gasteiger partial charge in [-0.2, -0.15) is 4.73 Å². The largest absolute Gasteiger partial charge is 0.618 e. The maximum absolute atomic E-state index is 11.6. The first-order chi connectivity index (χ1) is 7.18. The van der Waals surface area contributed by atoms with E-state index in [0.29, 0.717) is 10.3 Å². The molecule has 2 heterocycles. The van der Waals surface area contributed by atoms with E-state index < -0.39 is 6.10 Å². The molecule has 0 saturated heterocycles. The van der Waals surface area contributed by atoms with Crippen LogP contribution < -0.4 is 4.73 Å². The molecular formula is C10H8BrNO3. The minimum atomic E-state index is -0.488. The number of nitrogens with zero attached hydrogens (tertiary/aromatic N) is 1. The van der Waals surface area contributed by atoms with Crippen LogP contribution in [0.25, 0.3) is 0 Å². The van der Waals surface area contributed by atoms with Crippen molar-refractivity contribution in [1.82, 2.24) is 0 Å². The van der Waals surface area contributed by atoms with Gasteiger partial charge in [0.05, 0.1) is 12.7 Å². The molecule has 0 fully saturated rings. The number of pyridine rings is 1. The highest BCUT2D eigenvalue weighted by molar-refractivity contribution is 9.10. The number of allylic oxidation sites excluding steroid dienone is 1. The zero-order valence-electron chi connectivity index (χ0n) is 7.72. The van der Waals surface area contributed by atoms with Crippen LogP contribution in [-0.2, 0) is 9.53 Å². The van der Waals surface area contributed by atoms with Crippen molar-refractivity contribution < 1.29 is 14.3 Å². The molecule has 1 atom stereocenters. The monoisotopic (exact) mass is 269 g/mol. The second kappa shape index (κ2) is 4.02. The molecule has 0 aromatic carbocycles. The lowest BCUT2D eigenvalue weighted by Crippen LogP contribution is -2.36. The van der Waals surface area contributed by atoms with Crippen LogP contribution in [0.1, 0.15) is 18.2 Å². The van der Waals surface area contributed by atoms with Crippen LogP contribution in [0.2, 0.25) is 0 Å². The fourth-order valence-corrected chi connectivity index (χ4v) is 1.76. The van der Waals surface area contributed by atoms with E-state index in [-0.39, 0.29) is 12.2 Å². The van der Waals surface area contributed by atoms with Crippen molar-refractivity contribution in [2.24, 2.45) is 0 Å². The molecule has 1 aliphatic rings. The van der Waals surface area contributed by atoms with E-state index in [1.165, 1.54) is 12.3 Å². The highest BCUT2D eigenvalue weighted by atomic mass is 79.9. The average molecular weight is 270 g/mol. The molecule has 1 aliphatic heterocycles. The van der Waals surface area contributed by atoms with E-state index in [9.17, 15) is 10.0 Å². The summed E-state index contributed by atoms with van der Waals surface area (Å²) in [6.07, 6.45) is 2.41. The highest BCUT2D eigenvalue weighted by Gasteiger charge is 2.26. The summed E-state index contributed by atoms with van der Waals surface area (Å²) in [6, 6.07) is 5.02. The SMILES string of the molecule is O=C1C=CO[C@H](c2cccc(Br)[n+]2[O-])C1. The minimum Gasteiger partial charge on any atom is -0.618 e. The quantitative estimate of drug-likeness (QED) is 0.442. The molecule has 1 aromatic rings. The summed E-state index contributed by atoms with van der Waals surface area (Å²) < 4.78 is 6.35. The molecule has 0 spiro atoms. The van der Waals surface area contributed by atoms with Crippen LogP contribution in [0.3, 0.4) is 0 Å². The number of hydrogen-bond acceptors (Lipinski definition) is 3. The van der Waals surface area contributed by atoms with E-state index >= 15 is 0 Å². The van der Waals surface area contributed by atoms with Crippen LogP contribution >= 0.6 is 15.9 Å². The number of halogens is 1. The highest BCUT2D eigenvalue weighted by Crippen LogP contribution is 2.23. The molecule has 0 amide bonds. The van der Waals surface area contributed by atoms with Gasteiger partial charge in [-0.1, -0.05) is 0 Å². The van der Waals surface area contributed by atoms with Gasteiger partial charge in [-0.25, -0.2) is 0 Å². The molecule has 0 saturated carbocycles. The summed E-state index contributed by atoms with van der Waals surface area (Å²) in [4.78, 5) is 11.2. The van der Waals surface area contributed by atoms with Crippen LogP contribution in [0.4, 0.5) is 0 Å². The molecule has 0 bridgehead atoms. The first-order valence-corrected chi connectivity index (χ1v) is 5.20. The van der Waals surface area contributed by atoms with Crippen molar-refractivity contribution in [2.45, 2.75) is 12.5 Å². The predicted octanol–water partition coefficient (Wildman–Crippen LogP) is 1.63. The van der Waals surface area contributed by atoms with Crippen LogP contribution in [0, 0.1) is 5.21 Å². The maximum atomic E-state index is 11.6. The third-order valence-corrected chi connectivity index (χ3v) is 2.73. The number of rotatable bonds is 1. The molecule has 15 heavy (non-hydrogen) atoms. The summed E-state index contributed by atoms with van der Waals surface area (Å²) in [5, 5.41) is 11.6. The summed E-state index contributed by atoms with van der Waals surface area (Å²) in [5.74, 6) is -0.0359. The van der Waals surface area contributed by atoms with Crippen molar-refractivity contribution in [2.75, 3.05) is 0 Å². The third-order valence-electron chi connectivity index (χ3n) is 2.14. The average Bonchev–Trinajstić information content (AvgIpc) is 2.22. The lowest BCUT2D eigenvalue weighted by atomic mass is 10.1. The third kappa shape index (κ3) is 2.02. The predicted molar refractivity (Wildman–Crippen MR) is 55.7 cm³/mol. The molecule has 1 aromatic heterocycles. The van der Waals surface area contributed by atoms with E-state index in [2.05, 4.69) is 15.9 Å². The van der Waals surface area contributed by atoms with E-state index in [0.717, 1.165) is 4.73 Å². The molecule has 0 radical (unpaired) electrons. The van der Waals surface area contributed by atoms with Crippen LogP contribution in [0.5, 0.6) is 0 Å².